The summed E-state index contributed by atoms with van der Waals surface area (Å²) in [5.74, 6) is 0.935. The van der Waals surface area contributed by atoms with Crippen molar-refractivity contribution in [3.8, 4) is 5.75 Å². The summed E-state index contributed by atoms with van der Waals surface area (Å²) in [7, 11) is 0. The highest BCUT2D eigenvalue weighted by Crippen LogP contribution is 2.16. The molecular weight excluding hydrogens is 238 g/mol. The molecule has 1 N–H and O–H groups in total. The third-order valence-corrected chi connectivity index (χ3v) is 2.82. The Hall–Kier alpha value is -1.06. The molecule has 1 aromatic rings. The fourth-order valence-corrected chi connectivity index (χ4v) is 1.88. The molecule has 0 aromatic heterocycles. The molecule has 0 aliphatic carbocycles. The highest BCUT2D eigenvalue weighted by Gasteiger charge is 2.14. The number of hydrogen-bond donors (Lipinski definition) is 1. The fourth-order valence-electron chi connectivity index (χ4n) is 1.88. The van der Waals surface area contributed by atoms with Crippen LogP contribution in [0.1, 0.15) is 30.1 Å². The summed E-state index contributed by atoms with van der Waals surface area (Å²) in [4.78, 5) is 11.1. The Labute approximate surface area is 108 Å². The van der Waals surface area contributed by atoms with E-state index in [2.05, 4.69) is 5.32 Å². The highest BCUT2D eigenvalue weighted by molar-refractivity contribution is 5.94. The smallest absolute Gasteiger partial charge is 0.159 e. The number of piperidine rings is 1. The predicted molar refractivity (Wildman–Crippen MR) is 70.2 cm³/mol. The summed E-state index contributed by atoms with van der Waals surface area (Å²) in [5.41, 5.74) is 0.731. The Kier molecular flexibility index (Phi) is 5.45. The zero-order chi connectivity index (χ0) is 11.4. The van der Waals surface area contributed by atoms with Crippen LogP contribution in [-0.4, -0.2) is 25.0 Å². The van der Waals surface area contributed by atoms with Gasteiger partial charge < -0.3 is 10.1 Å². The molecular formula is C13H18ClNO2. The lowest BCUT2D eigenvalue weighted by Crippen LogP contribution is -2.37. The summed E-state index contributed by atoms with van der Waals surface area (Å²) < 4.78 is 5.82. The molecule has 1 aliphatic heterocycles. The van der Waals surface area contributed by atoms with E-state index in [-0.39, 0.29) is 24.3 Å². The molecule has 1 saturated heterocycles. The van der Waals surface area contributed by atoms with Crippen molar-refractivity contribution in [2.75, 3.05) is 13.1 Å². The van der Waals surface area contributed by atoms with Gasteiger partial charge >= 0.3 is 0 Å². The minimum absolute atomic E-state index is 0. The second kappa shape index (κ2) is 6.62. The number of ether oxygens (including phenoxy) is 1. The van der Waals surface area contributed by atoms with E-state index in [1.165, 1.54) is 0 Å². The third-order valence-electron chi connectivity index (χ3n) is 2.82. The lowest BCUT2D eigenvalue weighted by atomic mass is 10.1. The van der Waals surface area contributed by atoms with Crippen molar-refractivity contribution in [2.24, 2.45) is 0 Å². The van der Waals surface area contributed by atoms with Crippen LogP contribution in [0.5, 0.6) is 5.75 Å². The van der Waals surface area contributed by atoms with Crippen LogP contribution in [-0.2, 0) is 0 Å². The minimum Gasteiger partial charge on any atom is -0.489 e. The van der Waals surface area contributed by atoms with Gasteiger partial charge in [0, 0.05) is 12.1 Å². The highest BCUT2D eigenvalue weighted by atomic mass is 35.5. The molecule has 17 heavy (non-hydrogen) atoms. The summed E-state index contributed by atoms with van der Waals surface area (Å²) in [6.07, 6.45) is 2.52. The second-order valence-electron chi connectivity index (χ2n) is 4.17. The Morgan fingerprint density at radius 2 is 2.06 bits per heavy atom. The molecule has 0 amide bonds. The van der Waals surface area contributed by atoms with Crippen LogP contribution < -0.4 is 10.1 Å². The Morgan fingerprint density at radius 1 is 1.35 bits per heavy atom. The maximum atomic E-state index is 11.1. The number of nitrogens with one attached hydrogen (secondary N) is 1. The largest absolute Gasteiger partial charge is 0.489 e. The average molecular weight is 256 g/mol. The van der Waals surface area contributed by atoms with Gasteiger partial charge in [-0.15, -0.1) is 12.4 Å². The standard InChI is InChI=1S/C13H17NO2.ClH/c1-10(15)11-4-6-12(7-5-11)16-13-3-2-8-14-9-13;/h4-7,13-14H,2-3,8-9H2,1H3;1H. The number of ketones is 1. The lowest BCUT2D eigenvalue weighted by Gasteiger charge is -2.23. The monoisotopic (exact) mass is 255 g/mol. The summed E-state index contributed by atoms with van der Waals surface area (Å²) in [5, 5.41) is 3.31. The first kappa shape index (κ1) is 14.0. The van der Waals surface area contributed by atoms with Crippen molar-refractivity contribution < 1.29 is 9.53 Å². The molecule has 0 bridgehead atoms. The molecule has 1 aliphatic rings. The van der Waals surface area contributed by atoms with Gasteiger partial charge in [0.15, 0.2) is 5.78 Å². The van der Waals surface area contributed by atoms with E-state index in [1.54, 1.807) is 6.92 Å². The Bertz CT molecular complexity index is 358. The van der Waals surface area contributed by atoms with Crippen molar-refractivity contribution >= 4 is 18.2 Å². The average Bonchev–Trinajstić information content (AvgIpc) is 2.31. The van der Waals surface area contributed by atoms with Gasteiger partial charge in [0.2, 0.25) is 0 Å². The van der Waals surface area contributed by atoms with Gasteiger partial charge in [-0.25, -0.2) is 0 Å². The summed E-state index contributed by atoms with van der Waals surface area (Å²) in [6, 6.07) is 7.36. The summed E-state index contributed by atoms with van der Waals surface area (Å²) in [6.45, 7) is 3.57. The number of halogens is 1. The maximum absolute atomic E-state index is 11.1. The van der Waals surface area contributed by atoms with Crippen LogP contribution in [0.4, 0.5) is 0 Å². The molecule has 0 radical (unpaired) electrons. The van der Waals surface area contributed by atoms with Gasteiger partial charge in [-0.05, 0) is 50.6 Å². The van der Waals surface area contributed by atoms with Crippen LogP contribution in [0.2, 0.25) is 0 Å². The van der Waals surface area contributed by atoms with E-state index < -0.39 is 0 Å². The molecule has 1 aromatic carbocycles. The topological polar surface area (TPSA) is 38.3 Å². The van der Waals surface area contributed by atoms with Gasteiger partial charge in [0.1, 0.15) is 11.9 Å². The predicted octanol–water partition coefficient (Wildman–Crippen LogP) is 2.44. The first-order chi connectivity index (χ1) is 7.75. The zero-order valence-corrected chi connectivity index (χ0v) is 10.8. The lowest BCUT2D eigenvalue weighted by molar-refractivity contribution is 0.101. The van der Waals surface area contributed by atoms with Crippen LogP contribution in [0.15, 0.2) is 24.3 Å². The number of carbonyl (C=O) groups is 1. The first-order valence-corrected chi connectivity index (χ1v) is 5.74. The number of benzene rings is 1. The number of carbonyl (C=O) groups excluding carboxylic acids is 1. The second-order valence-corrected chi connectivity index (χ2v) is 4.17. The van der Waals surface area contributed by atoms with Gasteiger partial charge in [-0.3, -0.25) is 4.79 Å². The first-order valence-electron chi connectivity index (χ1n) is 5.74. The third kappa shape index (κ3) is 4.02. The zero-order valence-electron chi connectivity index (χ0n) is 9.94. The molecule has 0 spiro atoms. The van der Waals surface area contributed by atoms with E-state index in [0.717, 1.165) is 37.2 Å². The van der Waals surface area contributed by atoms with Crippen molar-refractivity contribution in [2.45, 2.75) is 25.9 Å². The molecule has 2 rings (SSSR count). The van der Waals surface area contributed by atoms with Gasteiger partial charge in [-0.2, -0.15) is 0 Å². The molecule has 1 unspecified atom stereocenters. The number of Topliss-reactive ketones (excluding diaryl/α,β-unsaturated/α-hetero) is 1. The van der Waals surface area contributed by atoms with Crippen LogP contribution >= 0.6 is 12.4 Å². The molecule has 94 valence electrons. The van der Waals surface area contributed by atoms with Gasteiger partial charge in [0.05, 0.1) is 0 Å². The molecule has 1 heterocycles. The normalized spacial score (nSPS) is 19.2. The fraction of sp³-hybridized carbons (Fsp3) is 0.462. The molecule has 4 heteroatoms. The van der Waals surface area contributed by atoms with Crippen molar-refractivity contribution in [1.29, 1.82) is 0 Å². The van der Waals surface area contributed by atoms with Crippen LogP contribution in [0.3, 0.4) is 0 Å². The van der Waals surface area contributed by atoms with Crippen molar-refractivity contribution in [3.63, 3.8) is 0 Å². The molecule has 1 atom stereocenters. The maximum Gasteiger partial charge on any atom is 0.159 e. The summed E-state index contributed by atoms with van der Waals surface area (Å²) >= 11 is 0. The molecule has 3 nitrogen and oxygen atoms in total. The van der Waals surface area contributed by atoms with E-state index in [1.807, 2.05) is 24.3 Å². The molecule has 1 fully saturated rings. The molecule has 0 saturated carbocycles. The van der Waals surface area contributed by atoms with E-state index in [9.17, 15) is 4.79 Å². The van der Waals surface area contributed by atoms with Crippen molar-refractivity contribution in [3.05, 3.63) is 29.8 Å². The van der Waals surface area contributed by atoms with E-state index in [4.69, 9.17) is 4.74 Å². The van der Waals surface area contributed by atoms with Crippen LogP contribution in [0, 0.1) is 0 Å². The van der Waals surface area contributed by atoms with Gasteiger partial charge in [-0.1, -0.05) is 0 Å². The Balaban J connectivity index is 0.00000144. The number of rotatable bonds is 3. The van der Waals surface area contributed by atoms with Crippen molar-refractivity contribution in [1.82, 2.24) is 5.32 Å². The SMILES string of the molecule is CC(=O)c1ccc(OC2CCCNC2)cc1.Cl. The minimum atomic E-state index is 0. The van der Waals surface area contributed by atoms with E-state index in [0.29, 0.717) is 0 Å². The van der Waals surface area contributed by atoms with Crippen LogP contribution in [0.25, 0.3) is 0 Å². The number of hydrogen-bond acceptors (Lipinski definition) is 3. The Morgan fingerprint density at radius 3 is 2.59 bits per heavy atom. The van der Waals surface area contributed by atoms with E-state index >= 15 is 0 Å². The van der Waals surface area contributed by atoms with Gasteiger partial charge in [0.25, 0.3) is 0 Å². The quantitative estimate of drug-likeness (QED) is 0.844.